The molecule has 0 aromatic rings. The molecule has 612 valence electrons. The van der Waals surface area contributed by atoms with E-state index in [4.69, 9.17) is 37.0 Å². The van der Waals surface area contributed by atoms with E-state index in [1.165, 1.54) is 276 Å². The van der Waals surface area contributed by atoms with Crippen LogP contribution in [0.25, 0.3) is 0 Å². The fourth-order valence-corrected chi connectivity index (χ4v) is 14.7. The van der Waals surface area contributed by atoms with E-state index in [-0.39, 0.29) is 25.7 Å². The highest BCUT2D eigenvalue weighted by atomic mass is 31.2. The van der Waals surface area contributed by atoms with Crippen LogP contribution in [-0.4, -0.2) is 96.7 Å². The molecule has 0 aliphatic carbocycles. The minimum absolute atomic E-state index is 0.107. The van der Waals surface area contributed by atoms with Gasteiger partial charge in [-0.05, 0) is 31.6 Å². The summed E-state index contributed by atoms with van der Waals surface area (Å²) < 4.78 is 68.8. The molecule has 0 heterocycles. The molecule has 0 saturated carbocycles. The molecule has 17 nitrogen and oxygen atoms in total. The van der Waals surface area contributed by atoms with E-state index in [0.29, 0.717) is 25.7 Å². The first-order valence-electron chi connectivity index (χ1n) is 43.6. The predicted octanol–water partition coefficient (Wildman–Crippen LogP) is 25.6. The molecule has 0 bridgehead atoms. The van der Waals surface area contributed by atoms with Crippen molar-refractivity contribution in [2.45, 2.75) is 470 Å². The molecule has 19 heteroatoms. The summed E-state index contributed by atoms with van der Waals surface area (Å²) in [6, 6.07) is 0. The van der Waals surface area contributed by atoms with Crippen molar-refractivity contribution < 1.29 is 80.2 Å². The van der Waals surface area contributed by atoms with Crippen molar-refractivity contribution in [1.82, 2.24) is 0 Å². The van der Waals surface area contributed by atoms with Crippen molar-refractivity contribution in [2.75, 3.05) is 39.6 Å². The standard InChI is InChI=1S/C84H164O17P2/c1-6-9-12-15-18-21-24-26-28-30-32-33-35-37-39-41-43-49-54-59-64-69-83(88)100-80(74-95-82(87)68-63-58-53-48-42-40-38-36-34-31-29-27-25-22-19-16-13-10-7-2)76-99-103(92,93)97-72-78(85)71-96-102(90,91)98-75-79(73-94-81(86)67-62-57-52-47-23-20-17-14-11-8-3)101-84(89)70-65-60-55-50-45-44-46-51-56-61-66-77(4)5/h77-80,85H,6-76H2,1-5H3,(H,90,91)(H,92,93)/t78-,79+,80+/m0/s1. The van der Waals surface area contributed by atoms with Gasteiger partial charge in [-0.15, -0.1) is 0 Å². The number of aliphatic hydroxyl groups is 1. The number of esters is 4. The van der Waals surface area contributed by atoms with E-state index < -0.39 is 97.5 Å². The largest absolute Gasteiger partial charge is 0.472 e. The molecule has 0 aliphatic rings. The maximum atomic E-state index is 13.1. The highest BCUT2D eigenvalue weighted by Gasteiger charge is 2.30. The van der Waals surface area contributed by atoms with Crippen LogP contribution in [0.3, 0.4) is 0 Å². The fraction of sp³-hybridized carbons (Fsp3) is 0.952. The Morgan fingerprint density at radius 3 is 0.660 bits per heavy atom. The number of phosphoric acid groups is 2. The van der Waals surface area contributed by atoms with Crippen molar-refractivity contribution in [3.8, 4) is 0 Å². The van der Waals surface area contributed by atoms with Crippen molar-refractivity contribution in [1.29, 1.82) is 0 Å². The fourth-order valence-electron chi connectivity index (χ4n) is 13.1. The number of aliphatic hydroxyl groups excluding tert-OH is 1. The molecule has 0 rings (SSSR count). The normalized spacial score (nSPS) is 13.8. The van der Waals surface area contributed by atoms with Crippen LogP contribution in [0.4, 0.5) is 0 Å². The van der Waals surface area contributed by atoms with Crippen LogP contribution >= 0.6 is 15.6 Å². The van der Waals surface area contributed by atoms with Gasteiger partial charge in [-0.3, -0.25) is 37.3 Å². The SMILES string of the molecule is CCCCCCCCCCCCCCCCCCCCCCCC(=O)O[C@H](COC(=O)CCCCCCCCCCCCCCCCCCCCC)COP(=O)(O)OC[C@@H](O)COP(=O)(O)OC[C@@H](COC(=O)CCCCCCCCCCCC)OC(=O)CCCCCCCCCCCCC(C)C. The number of ether oxygens (including phenoxy) is 4. The van der Waals surface area contributed by atoms with Crippen molar-refractivity contribution in [2.24, 2.45) is 5.92 Å². The van der Waals surface area contributed by atoms with Crippen LogP contribution in [0.5, 0.6) is 0 Å². The Hall–Kier alpha value is -1.94. The summed E-state index contributed by atoms with van der Waals surface area (Å²) in [5, 5.41) is 10.7. The van der Waals surface area contributed by atoms with Crippen LogP contribution in [-0.2, 0) is 65.4 Å². The van der Waals surface area contributed by atoms with Crippen LogP contribution in [0, 0.1) is 5.92 Å². The Kier molecular flexibility index (Phi) is 75.4. The van der Waals surface area contributed by atoms with Crippen molar-refractivity contribution in [3.05, 3.63) is 0 Å². The molecule has 0 amide bonds. The lowest BCUT2D eigenvalue weighted by Gasteiger charge is -2.21. The van der Waals surface area contributed by atoms with Crippen LogP contribution < -0.4 is 0 Å². The molecule has 0 fully saturated rings. The third-order valence-corrected chi connectivity index (χ3v) is 21.7. The van der Waals surface area contributed by atoms with Gasteiger partial charge in [0, 0.05) is 25.7 Å². The first-order chi connectivity index (χ1) is 50.0. The molecular weight excluding hydrogens is 1340 g/mol. The first-order valence-corrected chi connectivity index (χ1v) is 46.6. The van der Waals surface area contributed by atoms with E-state index in [2.05, 4.69) is 34.6 Å². The topological polar surface area (TPSA) is 237 Å². The van der Waals surface area contributed by atoms with E-state index in [9.17, 15) is 43.2 Å². The average Bonchev–Trinajstić information content (AvgIpc) is 1.02. The van der Waals surface area contributed by atoms with Crippen molar-refractivity contribution in [3.63, 3.8) is 0 Å². The molecule has 3 N–H and O–H groups in total. The minimum atomic E-state index is -4.96. The maximum Gasteiger partial charge on any atom is 0.472 e. The highest BCUT2D eigenvalue weighted by molar-refractivity contribution is 7.47. The van der Waals surface area contributed by atoms with E-state index in [1.54, 1.807) is 0 Å². The van der Waals surface area contributed by atoms with Crippen LogP contribution in [0.15, 0.2) is 0 Å². The summed E-state index contributed by atoms with van der Waals surface area (Å²) in [6.45, 7) is 7.33. The molecule has 0 radical (unpaired) electrons. The number of carbonyl (C=O) groups is 4. The second-order valence-corrected chi connectivity index (χ2v) is 33.6. The number of hydrogen-bond acceptors (Lipinski definition) is 15. The van der Waals surface area contributed by atoms with E-state index >= 15 is 0 Å². The van der Waals surface area contributed by atoms with Crippen LogP contribution in [0.2, 0.25) is 0 Å². The van der Waals surface area contributed by atoms with Gasteiger partial charge in [0.25, 0.3) is 0 Å². The van der Waals surface area contributed by atoms with Gasteiger partial charge < -0.3 is 33.8 Å². The Morgan fingerprint density at radius 2 is 0.447 bits per heavy atom. The van der Waals surface area contributed by atoms with Gasteiger partial charge in [0.1, 0.15) is 19.3 Å². The zero-order valence-corrected chi connectivity index (χ0v) is 69.3. The van der Waals surface area contributed by atoms with Gasteiger partial charge in [0.2, 0.25) is 0 Å². The lowest BCUT2D eigenvalue weighted by Crippen LogP contribution is -2.30. The second-order valence-electron chi connectivity index (χ2n) is 30.7. The minimum Gasteiger partial charge on any atom is -0.462 e. The summed E-state index contributed by atoms with van der Waals surface area (Å²) in [7, 11) is -9.92. The lowest BCUT2D eigenvalue weighted by molar-refractivity contribution is -0.161. The average molecular weight is 1510 g/mol. The lowest BCUT2D eigenvalue weighted by atomic mass is 10.0. The Labute approximate surface area is 632 Å². The Balaban J connectivity index is 5.21. The predicted molar refractivity (Wildman–Crippen MR) is 423 cm³/mol. The molecular formula is C84H164O17P2. The molecule has 0 aromatic carbocycles. The Morgan fingerprint density at radius 1 is 0.262 bits per heavy atom. The number of phosphoric ester groups is 2. The van der Waals surface area contributed by atoms with E-state index in [1.807, 2.05) is 0 Å². The van der Waals surface area contributed by atoms with Gasteiger partial charge in [-0.25, -0.2) is 9.13 Å². The monoisotopic (exact) mass is 1510 g/mol. The quantitative estimate of drug-likeness (QED) is 0.0222. The number of unbranched alkanes of at least 4 members (excludes halogenated alkanes) is 56. The summed E-state index contributed by atoms with van der Waals surface area (Å²) in [6.07, 6.45) is 69.5. The zero-order valence-electron chi connectivity index (χ0n) is 67.5. The molecule has 2 unspecified atom stereocenters. The summed E-state index contributed by atoms with van der Waals surface area (Å²) in [5.41, 5.74) is 0. The smallest absolute Gasteiger partial charge is 0.462 e. The number of hydrogen-bond donors (Lipinski definition) is 3. The van der Waals surface area contributed by atoms with Gasteiger partial charge in [-0.1, -0.05) is 401 Å². The van der Waals surface area contributed by atoms with Gasteiger partial charge in [-0.2, -0.15) is 0 Å². The molecule has 0 aliphatic heterocycles. The Bertz CT molecular complexity index is 1960. The maximum absolute atomic E-state index is 13.1. The van der Waals surface area contributed by atoms with Gasteiger partial charge in [0.15, 0.2) is 12.2 Å². The zero-order chi connectivity index (χ0) is 75.5. The van der Waals surface area contributed by atoms with Crippen molar-refractivity contribution >= 4 is 39.5 Å². The summed E-state index contributed by atoms with van der Waals surface area (Å²) in [5.74, 6) is -1.35. The van der Waals surface area contributed by atoms with Gasteiger partial charge in [0.05, 0.1) is 26.4 Å². The third-order valence-electron chi connectivity index (χ3n) is 19.8. The first kappa shape index (κ1) is 101. The van der Waals surface area contributed by atoms with E-state index in [0.717, 1.165) is 95.8 Å². The van der Waals surface area contributed by atoms with Gasteiger partial charge >= 0.3 is 39.5 Å². The second kappa shape index (κ2) is 76.8. The highest BCUT2D eigenvalue weighted by Crippen LogP contribution is 2.45. The molecule has 5 atom stereocenters. The molecule has 0 spiro atoms. The number of carbonyl (C=O) groups excluding carboxylic acids is 4. The summed E-state index contributed by atoms with van der Waals surface area (Å²) in [4.78, 5) is 73.1. The number of rotatable bonds is 84. The van der Waals surface area contributed by atoms with Crippen LogP contribution in [0.1, 0.15) is 452 Å². The molecule has 103 heavy (non-hydrogen) atoms. The third kappa shape index (κ3) is 78.0. The molecule has 0 saturated heterocycles. The molecule has 0 aromatic heterocycles. The summed E-state index contributed by atoms with van der Waals surface area (Å²) >= 11 is 0.